The molecule has 1 atom stereocenters. The minimum Gasteiger partial charge on any atom is -0.348 e. The molecule has 0 fully saturated rings. The zero-order chi connectivity index (χ0) is 20.4. The van der Waals surface area contributed by atoms with Crippen molar-refractivity contribution in [3.63, 3.8) is 0 Å². The first-order chi connectivity index (χ1) is 14.0. The summed E-state index contributed by atoms with van der Waals surface area (Å²) in [4.78, 5) is 27.1. The zero-order valence-electron chi connectivity index (χ0n) is 16.1. The van der Waals surface area contributed by atoms with Crippen molar-refractivity contribution in [3.8, 4) is 0 Å². The molecule has 5 nitrogen and oxygen atoms in total. The number of anilines is 1. The molecule has 3 aromatic rings. The van der Waals surface area contributed by atoms with E-state index in [1.807, 2.05) is 49.5 Å². The highest BCUT2D eigenvalue weighted by molar-refractivity contribution is 6.03. The predicted molar refractivity (Wildman–Crippen MR) is 109 cm³/mol. The van der Waals surface area contributed by atoms with Crippen LogP contribution in [-0.4, -0.2) is 27.8 Å². The molecule has 0 radical (unpaired) electrons. The summed E-state index contributed by atoms with van der Waals surface area (Å²) in [5.41, 5.74) is 3.53. The van der Waals surface area contributed by atoms with E-state index in [2.05, 4.69) is 9.88 Å². The highest BCUT2D eigenvalue weighted by Gasteiger charge is 2.32. The van der Waals surface area contributed by atoms with Gasteiger partial charge in [0.05, 0.1) is 6.04 Å². The van der Waals surface area contributed by atoms with E-state index in [4.69, 9.17) is 0 Å². The number of amides is 2. The molecule has 4 rings (SSSR count). The van der Waals surface area contributed by atoms with Crippen LogP contribution in [0.3, 0.4) is 0 Å². The third-order valence-corrected chi connectivity index (χ3v) is 5.19. The third kappa shape index (κ3) is 4.06. The lowest BCUT2D eigenvalue weighted by molar-refractivity contribution is -0.136. The second kappa shape index (κ2) is 7.91. The summed E-state index contributed by atoms with van der Waals surface area (Å²) in [5.74, 6) is -0.927. The van der Waals surface area contributed by atoms with Crippen molar-refractivity contribution in [2.45, 2.75) is 25.9 Å². The number of carbonyl (C=O) groups is 2. The van der Waals surface area contributed by atoms with Crippen LogP contribution in [0.5, 0.6) is 0 Å². The van der Waals surface area contributed by atoms with Crippen LogP contribution in [0, 0.1) is 12.7 Å². The number of nitrogens with zero attached hydrogens (tertiary/aromatic N) is 2. The summed E-state index contributed by atoms with van der Waals surface area (Å²) in [7, 11) is 0. The minimum absolute atomic E-state index is 0.244. The Morgan fingerprint density at radius 1 is 1.03 bits per heavy atom. The first-order valence-electron chi connectivity index (χ1n) is 9.58. The fraction of sp³-hybridized carbons (Fsp3) is 0.217. The number of hydrogen-bond acceptors (Lipinski definition) is 2. The van der Waals surface area contributed by atoms with Crippen molar-refractivity contribution in [3.05, 3.63) is 89.5 Å². The molecule has 148 valence electrons. The molecule has 0 bridgehead atoms. The van der Waals surface area contributed by atoms with E-state index in [1.54, 1.807) is 17.0 Å². The maximum Gasteiger partial charge on any atom is 0.233 e. The normalized spacial score (nSPS) is 15.7. The number of aryl methyl sites for hydroxylation is 1. The van der Waals surface area contributed by atoms with Gasteiger partial charge in [-0.1, -0.05) is 29.8 Å². The topological polar surface area (TPSA) is 54.3 Å². The Labute approximate surface area is 168 Å². The van der Waals surface area contributed by atoms with Crippen LogP contribution in [0.2, 0.25) is 0 Å². The van der Waals surface area contributed by atoms with Crippen molar-refractivity contribution < 1.29 is 14.0 Å². The molecule has 0 saturated heterocycles. The Bertz CT molecular complexity index is 1030. The SMILES string of the molecule is Cc1ccc(NC(=O)CC(=O)N2CCn3cccc3[C@H]2c2ccc(F)cc2)cc1. The molecule has 1 aliphatic heterocycles. The Morgan fingerprint density at radius 3 is 2.48 bits per heavy atom. The van der Waals surface area contributed by atoms with Gasteiger partial charge in [-0.15, -0.1) is 0 Å². The quantitative estimate of drug-likeness (QED) is 0.686. The van der Waals surface area contributed by atoms with Crippen LogP contribution in [0.1, 0.15) is 29.3 Å². The molecule has 2 amide bonds. The Balaban J connectivity index is 1.53. The molecule has 1 aromatic heterocycles. The van der Waals surface area contributed by atoms with Crippen LogP contribution < -0.4 is 5.32 Å². The molecule has 6 heteroatoms. The summed E-state index contributed by atoms with van der Waals surface area (Å²) in [6, 6.07) is 17.1. The molecule has 0 aliphatic carbocycles. The zero-order valence-corrected chi connectivity index (χ0v) is 16.1. The molecular formula is C23H22FN3O2. The third-order valence-electron chi connectivity index (χ3n) is 5.19. The van der Waals surface area contributed by atoms with Crippen molar-refractivity contribution in [1.82, 2.24) is 9.47 Å². The van der Waals surface area contributed by atoms with Gasteiger partial charge in [0.2, 0.25) is 11.8 Å². The fourth-order valence-electron chi connectivity index (χ4n) is 3.73. The molecule has 1 aliphatic rings. The van der Waals surface area contributed by atoms with Crippen LogP contribution in [0.25, 0.3) is 0 Å². The van der Waals surface area contributed by atoms with Gasteiger partial charge in [0.1, 0.15) is 12.2 Å². The Morgan fingerprint density at radius 2 is 1.76 bits per heavy atom. The van der Waals surface area contributed by atoms with E-state index in [9.17, 15) is 14.0 Å². The highest BCUT2D eigenvalue weighted by Crippen LogP contribution is 2.33. The largest absolute Gasteiger partial charge is 0.348 e. The fourth-order valence-corrected chi connectivity index (χ4v) is 3.73. The molecule has 1 N–H and O–H groups in total. The first kappa shape index (κ1) is 18.9. The lowest BCUT2D eigenvalue weighted by Crippen LogP contribution is -2.43. The van der Waals surface area contributed by atoms with Gasteiger partial charge in [-0.3, -0.25) is 9.59 Å². The van der Waals surface area contributed by atoms with Gasteiger partial charge in [-0.2, -0.15) is 0 Å². The summed E-state index contributed by atoms with van der Waals surface area (Å²) in [5, 5.41) is 2.77. The van der Waals surface area contributed by atoms with Gasteiger partial charge in [0, 0.05) is 30.7 Å². The number of aromatic nitrogens is 1. The number of fused-ring (bicyclic) bond motifs is 1. The van der Waals surface area contributed by atoms with E-state index in [1.165, 1.54) is 12.1 Å². The van der Waals surface area contributed by atoms with Gasteiger partial charge in [-0.05, 0) is 48.9 Å². The van der Waals surface area contributed by atoms with Crippen molar-refractivity contribution >= 4 is 17.5 Å². The van der Waals surface area contributed by atoms with Gasteiger partial charge in [0.15, 0.2) is 0 Å². The number of nitrogens with one attached hydrogen (secondary N) is 1. The van der Waals surface area contributed by atoms with Crippen LogP contribution in [-0.2, 0) is 16.1 Å². The van der Waals surface area contributed by atoms with E-state index in [0.29, 0.717) is 18.8 Å². The molecule has 29 heavy (non-hydrogen) atoms. The van der Waals surface area contributed by atoms with Crippen LogP contribution in [0.4, 0.5) is 10.1 Å². The van der Waals surface area contributed by atoms with Crippen LogP contribution in [0.15, 0.2) is 66.9 Å². The molecule has 2 heterocycles. The predicted octanol–water partition coefficient (Wildman–Crippen LogP) is 3.90. The van der Waals surface area contributed by atoms with Crippen molar-refractivity contribution in [2.75, 3.05) is 11.9 Å². The van der Waals surface area contributed by atoms with Gasteiger partial charge in [0.25, 0.3) is 0 Å². The average molecular weight is 391 g/mol. The monoisotopic (exact) mass is 391 g/mol. The summed E-state index contributed by atoms with van der Waals surface area (Å²) in [6.07, 6.45) is 1.73. The van der Waals surface area contributed by atoms with E-state index in [-0.39, 0.29) is 30.1 Å². The van der Waals surface area contributed by atoms with E-state index >= 15 is 0 Å². The Hall–Kier alpha value is -3.41. The summed E-state index contributed by atoms with van der Waals surface area (Å²) in [6.45, 7) is 3.11. The summed E-state index contributed by atoms with van der Waals surface area (Å²) >= 11 is 0. The Kier molecular flexibility index (Phi) is 5.16. The highest BCUT2D eigenvalue weighted by atomic mass is 19.1. The molecule has 0 spiro atoms. The maximum absolute atomic E-state index is 13.4. The van der Waals surface area contributed by atoms with Gasteiger partial charge < -0.3 is 14.8 Å². The molecule has 0 saturated carbocycles. The minimum atomic E-state index is -0.349. The smallest absolute Gasteiger partial charge is 0.233 e. The molecule has 0 unspecified atom stereocenters. The van der Waals surface area contributed by atoms with Crippen molar-refractivity contribution in [1.29, 1.82) is 0 Å². The second-order valence-electron chi connectivity index (χ2n) is 7.26. The van der Waals surface area contributed by atoms with Crippen molar-refractivity contribution in [2.24, 2.45) is 0 Å². The summed E-state index contributed by atoms with van der Waals surface area (Å²) < 4.78 is 15.5. The average Bonchev–Trinajstić information content (AvgIpc) is 3.18. The second-order valence-corrected chi connectivity index (χ2v) is 7.26. The maximum atomic E-state index is 13.4. The lowest BCUT2D eigenvalue weighted by atomic mass is 9.99. The molecular weight excluding hydrogens is 369 g/mol. The first-order valence-corrected chi connectivity index (χ1v) is 9.58. The molecule has 2 aromatic carbocycles. The van der Waals surface area contributed by atoms with E-state index in [0.717, 1.165) is 16.8 Å². The number of carbonyl (C=O) groups excluding carboxylic acids is 2. The standard InChI is InChI=1S/C23H22FN3O2/c1-16-4-10-19(11-5-16)25-21(28)15-22(29)27-14-13-26-12-2-3-20(26)23(27)17-6-8-18(24)9-7-17/h2-12,23H,13-15H2,1H3,(H,25,28)/t23-/m1/s1. The number of benzene rings is 2. The van der Waals surface area contributed by atoms with Gasteiger partial charge in [-0.25, -0.2) is 4.39 Å². The lowest BCUT2D eigenvalue weighted by Gasteiger charge is -2.37. The van der Waals surface area contributed by atoms with E-state index < -0.39 is 0 Å². The number of halogens is 1. The van der Waals surface area contributed by atoms with Crippen LogP contribution >= 0.6 is 0 Å². The number of rotatable bonds is 4. The number of hydrogen-bond donors (Lipinski definition) is 1. The van der Waals surface area contributed by atoms with Gasteiger partial charge >= 0.3 is 0 Å².